The second-order valence-corrected chi connectivity index (χ2v) is 16.1. The molecule has 2 atom stereocenters. The lowest BCUT2D eigenvalue weighted by molar-refractivity contribution is -0.156. The third-order valence-electron chi connectivity index (χ3n) is 8.37. The first-order valence-electron chi connectivity index (χ1n) is 21.4. The Kier molecular flexibility index (Phi) is 36.6. The van der Waals surface area contributed by atoms with Crippen LogP contribution in [0, 0.1) is 0 Å². The summed E-state index contributed by atoms with van der Waals surface area (Å²) in [6, 6.07) is -0.786. The summed E-state index contributed by atoms with van der Waals surface area (Å²) in [5, 5.41) is 8.35. The van der Waals surface area contributed by atoms with E-state index in [1.165, 1.54) is 76.0 Å². The van der Waals surface area contributed by atoms with Gasteiger partial charge in [-0.1, -0.05) is 104 Å². The summed E-state index contributed by atoms with van der Waals surface area (Å²) < 4.78 is 32.6. The van der Waals surface area contributed by atoms with Crippen molar-refractivity contribution in [2.24, 2.45) is 5.73 Å². The minimum Gasteiger partial charge on any atom is -0.460 e. The Bertz CT molecular complexity index is 973. The lowest BCUT2D eigenvalue weighted by Gasteiger charge is -2.19. The highest BCUT2D eigenvalue weighted by Crippen LogP contribution is 2.12. The molecule has 330 valence electrons. The maximum Gasteiger partial charge on any atom is 0.407 e. The standard InChI is InChI=1S/C41H80N4O10S/c1-6-8-10-12-14-16-18-20-23-44-39(48)53-32-35(54-40(49)45-24-21-19-17-15-13-11-9-7-2)33-56-34-36(42)38(47)43-25-27-51-29-31-52-30-28-50-26-22-37(46)55-41(3,4)5/h35-36H,6-34,42H2,1-5H3,(H,43,47)(H,44,48)(H,45,49). The van der Waals surface area contributed by atoms with Gasteiger partial charge in [0.25, 0.3) is 0 Å². The highest BCUT2D eigenvalue weighted by Gasteiger charge is 2.20. The van der Waals surface area contributed by atoms with Crippen molar-refractivity contribution in [3.63, 3.8) is 0 Å². The van der Waals surface area contributed by atoms with Crippen molar-refractivity contribution in [3.05, 3.63) is 0 Å². The molecule has 56 heavy (non-hydrogen) atoms. The number of nitrogens with two attached hydrogens (primary N) is 1. The van der Waals surface area contributed by atoms with Gasteiger partial charge in [-0.2, -0.15) is 11.8 Å². The fourth-order valence-corrected chi connectivity index (χ4v) is 6.27. The van der Waals surface area contributed by atoms with E-state index in [-0.39, 0.29) is 43.8 Å². The molecule has 0 saturated carbocycles. The molecule has 14 nitrogen and oxygen atoms in total. The van der Waals surface area contributed by atoms with Gasteiger partial charge in [-0.3, -0.25) is 9.59 Å². The number of unbranched alkanes of at least 4 members (excludes halogenated alkanes) is 14. The van der Waals surface area contributed by atoms with Gasteiger partial charge in [0.05, 0.1) is 52.1 Å². The zero-order chi connectivity index (χ0) is 41.5. The molecule has 0 aromatic heterocycles. The number of nitrogens with one attached hydrogen (secondary N) is 3. The molecule has 0 rings (SSSR count). The molecule has 2 unspecified atom stereocenters. The van der Waals surface area contributed by atoms with Crippen LogP contribution in [-0.4, -0.2) is 119 Å². The van der Waals surface area contributed by atoms with Crippen LogP contribution in [0.15, 0.2) is 0 Å². The summed E-state index contributed by atoms with van der Waals surface area (Å²) in [6.45, 7) is 13.1. The highest BCUT2D eigenvalue weighted by molar-refractivity contribution is 7.99. The molecule has 0 saturated heterocycles. The molecule has 0 fully saturated rings. The van der Waals surface area contributed by atoms with E-state index < -0.39 is 29.9 Å². The van der Waals surface area contributed by atoms with E-state index >= 15 is 0 Å². The van der Waals surface area contributed by atoms with Gasteiger partial charge >= 0.3 is 18.2 Å². The topological polar surface area (TPSA) is 186 Å². The van der Waals surface area contributed by atoms with Crippen molar-refractivity contribution >= 4 is 35.8 Å². The second kappa shape index (κ2) is 38.2. The Labute approximate surface area is 343 Å². The normalized spacial score (nSPS) is 12.5. The second-order valence-electron chi connectivity index (χ2n) is 15.0. The fraction of sp³-hybridized carbons (Fsp3) is 0.902. The summed E-state index contributed by atoms with van der Waals surface area (Å²) in [4.78, 5) is 49.1. The molecule has 0 heterocycles. The third kappa shape index (κ3) is 38.5. The molecular weight excluding hydrogens is 741 g/mol. The number of thioether (sulfide) groups is 1. The zero-order valence-corrected chi connectivity index (χ0v) is 36.5. The number of ether oxygens (including phenoxy) is 6. The SMILES string of the molecule is CCCCCCCCCCNC(=O)OCC(CSCC(N)C(=O)NCCOCCOCCOCCC(=O)OC(C)(C)C)OC(=O)NCCCCCCCCCC. The van der Waals surface area contributed by atoms with E-state index in [1.54, 1.807) is 0 Å². The van der Waals surface area contributed by atoms with Gasteiger partial charge in [0, 0.05) is 31.1 Å². The van der Waals surface area contributed by atoms with E-state index in [1.807, 2.05) is 20.8 Å². The maximum atomic E-state index is 12.6. The van der Waals surface area contributed by atoms with Crippen molar-refractivity contribution < 1.29 is 47.6 Å². The monoisotopic (exact) mass is 821 g/mol. The quantitative estimate of drug-likeness (QED) is 0.0283. The predicted octanol–water partition coefficient (Wildman–Crippen LogP) is 7.05. The van der Waals surface area contributed by atoms with Crippen LogP contribution in [0.2, 0.25) is 0 Å². The molecule has 0 aromatic rings. The van der Waals surface area contributed by atoms with Gasteiger partial charge in [0.1, 0.15) is 18.3 Å². The van der Waals surface area contributed by atoms with Crippen LogP contribution in [-0.2, 0) is 38.0 Å². The average molecular weight is 821 g/mol. The molecule has 15 heteroatoms. The molecule has 3 amide bonds. The van der Waals surface area contributed by atoms with E-state index in [9.17, 15) is 19.2 Å². The van der Waals surface area contributed by atoms with Crippen molar-refractivity contribution in [3.8, 4) is 0 Å². The van der Waals surface area contributed by atoms with Gasteiger partial charge in [-0.25, -0.2) is 9.59 Å². The number of hydrogen-bond donors (Lipinski definition) is 4. The number of carbonyl (C=O) groups excluding carboxylic acids is 4. The van der Waals surface area contributed by atoms with Crippen LogP contribution in [0.5, 0.6) is 0 Å². The third-order valence-corrected chi connectivity index (χ3v) is 9.57. The predicted molar refractivity (Wildman–Crippen MR) is 224 cm³/mol. The number of alkyl carbamates (subject to hydrolysis) is 2. The first kappa shape index (κ1) is 53.7. The minimum absolute atomic E-state index is 0.106. The van der Waals surface area contributed by atoms with E-state index in [2.05, 4.69) is 29.8 Å². The summed E-state index contributed by atoms with van der Waals surface area (Å²) >= 11 is 1.35. The maximum absolute atomic E-state index is 12.6. The molecular formula is C41H80N4O10S. The van der Waals surface area contributed by atoms with Crippen molar-refractivity contribution in [1.29, 1.82) is 0 Å². The molecule has 0 aliphatic carbocycles. The Morgan fingerprint density at radius 3 is 1.61 bits per heavy atom. The number of rotatable bonds is 38. The zero-order valence-electron chi connectivity index (χ0n) is 35.7. The minimum atomic E-state index is -0.786. The van der Waals surface area contributed by atoms with Crippen LogP contribution in [0.3, 0.4) is 0 Å². The van der Waals surface area contributed by atoms with Crippen molar-refractivity contribution in [2.75, 3.05) is 77.4 Å². The van der Waals surface area contributed by atoms with Crippen LogP contribution < -0.4 is 21.7 Å². The van der Waals surface area contributed by atoms with Gasteiger partial charge < -0.3 is 50.1 Å². The molecule has 0 radical (unpaired) electrons. The van der Waals surface area contributed by atoms with Crippen LogP contribution in [0.1, 0.15) is 144 Å². The van der Waals surface area contributed by atoms with Crippen molar-refractivity contribution in [2.45, 2.75) is 162 Å². The lowest BCUT2D eigenvalue weighted by Crippen LogP contribution is -2.43. The number of esters is 1. The molecule has 0 aliphatic heterocycles. The first-order chi connectivity index (χ1) is 27.0. The lowest BCUT2D eigenvalue weighted by atomic mass is 10.1. The Hall–Kier alpha value is -2.33. The van der Waals surface area contributed by atoms with Gasteiger partial charge in [-0.05, 0) is 33.6 Å². The summed E-state index contributed by atoms with van der Waals surface area (Å²) in [7, 11) is 0. The van der Waals surface area contributed by atoms with E-state index in [4.69, 9.17) is 34.2 Å². The molecule has 0 aromatic carbocycles. The van der Waals surface area contributed by atoms with E-state index in [0.29, 0.717) is 51.9 Å². The highest BCUT2D eigenvalue weighted by atomic mass is 32.2. The summed E-state index contributed by atoms with van der Waals surface area (Å²) in [6.07, 6.45) is 17.1. The summed E-state index contributed by atoms with van der Waals surface area (Å²) in [5.74, 6) is -0.0347. The average Bonchev–Trinajstić information content (AvgIpc) is 3.15. The van der Waals surface area contributed by atoms with Crippen LogP contribution >= 0.6 is 11.8 Å². The van der Waals surface area contributed by atoms with Gasteiger partial charge in [-0.15, -0.1) is 0 Å². The molecule has 0 spiro atoms. The van der Waals surface area contributed by atoms with Gasteiger partial charge in [0.2, 0.25) is 5.91 Å². The molecule has 0 aliphatic rings. The largest absolute Gasteiger partial charge is 0.460 e. The number of hydrogen-bond acceptors (Lipinski definition) is 12. The fourth-order valence-electron chi connectivity index (χ4n) is 5.30. The molecule has 5 N–H and O–H groups in total. The van der Waals surface area contributed by atoms with Crippen LogP contribution in [0.4, 0.5) is 9.59 Å². The summed E-state index contributed by atoms with van der Waals surface area (Å²) in [5.41, 5.74) is 5.60. The van der Waals surface area contributed by atoms with Gasteiger partial charge in [0.15, 0.2) is 0 Å². The number of carbonyl (C=O) groups is 4. The Morgan fingerprint density at radius 1 is 0.589 bits per heavy atom. The number of amides is 3. The Balaban J connectivity index is 4.34. The van der Waals surface area contributed by atoms with Crippen molar-refractivity contribution in [1.82, 2.24) is 16.0 Å². The van der Waals surface area contributed by atoms with E-state index in [0.717, 1.165) is 38.5 Å². The van der Waals surface area contributed by atoms with Crippen LogP contribution in [0.25, 0.3) is 0 Å². The smallest absolute Gasteiger partial charge is 0.407 e. The first-order valence-corrected chi connectivity index (χ1v) is 22.5. The Morgan fingerprint density at radius 2 is 1.07 bits per heavy atom. The molecule has 0 bridgehead atoms.